The van der Waals surface area contributed by atoms with E-state index in [9.17, 15) is 14.4 Å². The molecule has 3 N–H and O–H groups in total. The summed E-state index contributed by atoms with van der Waals surface area (Å²) in [6.45, 7) is 5.97. The molecule has 1 saturated heterocycles. The molecule has 0 spiro atoms. The minimum Gasteiger partial charge on any atom is -0.493 e. The molecule has 1 aliphatic heterocycles. The van der Waals surface area contributed by atoms with Crippen molar-refractivity contribution >= 4 is 23.5 Å². The third-order valence-corrected chi connectivity index (χ3v) is 4.85. The van der Waals surface area contributed by atoms with Gasteiger partial charge in [-0.1, -0.05) is 12.1 Å². The van der Waals surface area contributed by atoms with Gasteiger partial charge in [-0.3, -0.25) is 18.7 Å². The smallest absolute Gasteiger partial charge is 0.332 e. The highest BCUT2D eigenvalue weighted by molar-refractivity contribution is 6.03. The van der Waals surface area contributed by atoms with Crippen molar-refractivity contribution < 1.29 is 14.3 Å². The number of carbonyl (C=O) groups excluding carboxylic acids is 1. The van der Waals surface area contributed by atoms with E-state index in [1.165, 1.54) is 10.6 Å². The van der Waals surface area contributed by atoms with E-state index in [1.54, 1.807) is 19.9 Å². The molecule has 0 bridgehead atoms. The van der Waals surface area contributed by atoms with Gasteiger partial charge in [0.2, 0.25) is 5.91 Å². The second kappa shape index (κ2) is 9.45. The van der Waals surface area contributed by atoms with Crippen molar-refractivity contribution in [2.75, 3.05) is 30.9 Å². The molecule has 0 radical (unpaired) electrons. The van der Waals surface area contributed by atoms with Crippen molar-refractivity contribution in [3.63, 3.8) is 0 Å². The van der Waals surface area contributed by atoms with E-state index in [0.717, 1.165) is 29.1 Å². The topological polar surface area (TPSA) is 118 Å². The summed E-state index contributed by atoms with van der Waals surface area (Å²) in [7, 11) is 0. The largest absolute Gasteiger partial charge is 0.493 e. The first-order chi connectivity index (χ1) is 14.4. The number of anilines is 2. The van der Waals surface area contributed by atoms with Gasteiger partial charge in [0.15, 0.2) is 0 Å². The van der Waals surface area contributed by atoms with E-state index in [4.69, 9.17) is 15.2 Å². The molecule has 1 amide bonds. The van der Waals surface area contributed by atoms with Gasteiger partial charge in [-0.2, -0.15) is 0 Å². The molecule has 0 saturated carbocycles. The van der Waals surface area contributed by atoms with Crippen molar-refractivity contribution in [3.05, 3.63) is 56.7 Å². The van der Waals surface area contributed by atoms with Gasteiger partial charge in [0.25, 0.3) is 5.56 Å². The van der Waals surface area contributed by atoms with Crippen LogP contribution in [0.5, 0.6) is 5.75 Å². The summed E-state index contributed by atoms with van der Waals surface area (Å²) in [6, 6.07) is 7.30. The maximum atomic E-state index is 12.5. The Morgan fingerprint density at radius 2 is 1.87 bits per heavy atom. The summed E-state index contributed by atoms with van der Waals surface area (Å²) in [6.07, 6.45) is 2.92. The van der Waals surface area contributed by atoms with Crippen LogP contribution in [0.4, 0.5) is 11.5 Å². The van der Waals surface area contributed by atoms with Crippen LogP contribution in [0.1, 0.15) is 19.4 Å². The molecule has 1 aromatic heterocycles. The van der Waals surface area contributed by atoms with Gasteiger partial charge in [-0.25, -0.2) is 4.79 Å². The van der Waals surface area contributed by atoms with Crippen LogP contribution in [0.15, 0.2) is 39.9 Å². The van der Waals surface area contributed by atoms with Gasteiger partial charge < -0.3 is 20.5 Å². The first-order valence-electron chi connectivity index (χ1n) is 9.87. The predicted molar refractivity (Wildman–Crippen MR) is 115 cm³/mol. The van der Waals surface area contributed by atoms with Crippen LogP contribution in [-0.4, -0.2) is 34.9 Å². The van der Waals surface area contributed by atoms with E-state index >= 15 is 0 Å². The van der Waals surface area contributed by atoms with Crippen molar-refractivity contribution in [3.8, 4) is 5.75 Å². The van der Waals surface area contributed by atoms with Gasteiger partial charge in [-0.15, -0.1) is 0 Å². The van der Waals surface area contributed by atoms with E-state index < -0.39 is 17.2 Å². The van der Waals surface area contributed by atoms with E-state index in [0.29, 0.717) is 12.5 Å². The quantitative estimate of drug-likeness (QED) is 0.629. The zero-order valence-corrected chi connectivity index (χ0v) is 17.1. The molecule has 9 heteroatoms. The van der Waals surface area contributed by atoms with Crippen LogP contribution < -0.4 is 27.0 Å². The molecule has 0 atom stereocenters. The van der Waals surface area contributed by atoms with E-state index in [1.807, 2.05) is 24.3 Å². The van der Waals surface area contributed by atoms with Crippen LogP contribution in [0.25, 0.3) is 6.08 Å². The van der Waals surface area contributed by atoms with Gasteiger partial charge in [0.05, 0.1) is 19.8 Å². The lowest BCUT2D eigenvalue weighted by atomic mass is 10.1. The number of nitrogens with one attached hydrogen (secondary N) is 1. The average molecular weight is 414 g/mol. The Labute approximate surface area is 173 Å². The number of amides is 1. The number of nitrogens with two attached hydrogens (primary N) is 1. The molecule has 1 aromatic carbocycles. The number of ether oxygens (including phenoxy) is 2. The minimum absolute atomic E-state index is 0.0580. The summed E-state index contributed by atoms with van der Waals surface area (Å²) in [4.78, 5) is 37.1. The fourth-order valence-corrected chi connectivity index (χ4v) is 3.02. The lowest BCUT2D eigenvalue weighted by Crippen LogP contribution is -2.42. The van der Waals surface area contributed by atoms with Crippen LogP contribution in [-0.2, 0) is 22.6 Å². The Bertz CT molecular complexity index is 1050. The zero-order chi connectivity index (χ0) is 21.7. The van der Waals surface area contributed by atoms with Gasteiger partial charge in [0.1, 0.15) is 17.3 Å². The number of carbonyl (C=O) groups is 1. The summed E-state index contributed by atoms with van der Waals surface area (Å²) in [5, 5.41) is 2.50. The van der Waals surface area contributed by atoms with Crippen molar-refractivity contribution in [2.45, 2.75) is 26.9 Å². The molecule has 2 heterocycles. The predicted octanol–water partition coefficient (Wildman–Crippen LogP) is 1.31. The van der Waals surface area contributed by atoms with Crippen LogP contribution >= 0.6 is 0 Å². The van der Waals surface area contributed by atoms with Crippen LogP contribution in [0, 0.1) is 5.92 Å². The highest BCUT2D eigenvalue weighted by atomic mass is 16.5. The first kappa shape index (κ1) is 21.4. The van der Waals surface area contributed by atoms with Crippen LogP contribution in [0.2, 0.25) is 0 Å². The average Bonchev–Trinajstić information content (AvgIpc) is 2.70. The number of aromatic nitrogens is 2. The fraction of sp³-hybridized carbons (Fsp3) is 0.381. The summed E-state index contributed by atoms with van der Waals surface area (Å²) in [5.41, 5.74) is 5.52. The standard InChI is InChI=1S/C21H26N4O5/c1-3-24-19(22)18(20(27)25(4-2)21(24)28)23-17(26)10-7-14-5-8-16(9-6-14)30-13-15-11-29-12-15/h5-10,15H,3-4,11-13,22H2,1-2H3,(H,23,26)/b10-7+. The van der Waals surface area contributed by atoms with Crippen molar-refractivity contribution in [1.29, 1.82) is 0 Å². The molecule has 2 aromatic rings. The highest BCUT2D eigenvalue weighted by Gasteiger charge is 2.19. The highest BCUT2D eigenvalue weighted by Crippen LogP contribution is 2.17. The monoisotopic (exact) mass is 414 g/mol. The number of rotatable bonds is 8. The molecule has 160 valence electrons. The van der Waals surface area contributed by atoms with Gasteiger partial charge in [-0.05, 0) is 37.6 Å². The lowest BCUT2D eigenvalue weighted by Gasteiger charge is -2.25. The third kappa shape index (κ3) is 4.62. The Hall–Kier alpha value is -3.33. The summed E-state index contributed by atoms with van der Waals surface area (Å²) >= 11 is 0. The Balaban J connectivity index is 1.68. The van der Waals surface area contributed by atoms with Crippen LogP contribution in [0.3, 0.4) is 0 Å². The Morgan fingerprint density at radius 1 is 1.20 bits per heavy atom. The molecular weight excluding hydrogens is 388 g/mol. The summed E-state index contributed by atoms with van der Waals surface area (Å²) in [5.74, 6) is 0.614. The van der Waals surface area contributed by atoms with Crippen molar-refractivity contribution in [2.24, 2.45) is 5.92 Å². The molecule has 1 fully saturated rings. The second-order valence-corrected chi connectivity index (χ2v) is 6.94. The van der Waals surface area contributed by atoms with Gasteiger partial charge in [0, 0.05) is 25.1 Å². The number of hydrogen-bond acceptors (Lipinski definition) is 6. The third-order valence-electron chi connectivity index (χ3n) is 4.85. The number of nitrogens with zero attached hydrogens (tertiary/aromatic N) is 2. The molecule has 3 rings (SSSR count). The fourth-order valence-electron chi connectivity index (χ4n) is 3.02. The van der Waals surface area contributed by atoms with Crippen molar-refractivity contribution in [1.82, 2.24) is 9.13 Å². The Kier molecular flexibility index (Phi) is 6.73. The summed E-state index contributed by atoms with van der Waals surface area (Å²) < 4.78 is 13.1. The zero-order valence-electron chi connectivity index (χ0n) is 17.1. The first-order valence-corrected chi connectivity index (χ1v) is 9.87. The molecule has 0 aliphatic carbocycles. The molecule has 30 heavy (non-hydrogen) atoms. The number of benzene rings is 1. The van der Waals surface area contributed by atoms with Gasteiger partial charge >= 0.3 is 5.69 Å². The number of hydrogen-bond donors (Lipinski definition) is 2. The normalized spacial score (nSPS) is 13.9. The molecular formula is C21H26N4O5. The maximum absolute atomic E-state index is 12.5. The van der Waals surface area contributed by atoms with E-state index in [2.05, 4.69) is 5.32 Å². The SMILES string of the molecule is CCn1c(N)c(NC(=O)/C=C/c2ccc(OCC3COC3)cc2)c(=O)n(CC)c1=O. The molecule has 0 unspecified atom stereocenters. The maximum Gasteiger partial charge on any atom is 0.332 e. The second-order valence-electron chi connectivity index (χ2n) is 6.94. The molecule has 9 nitrogen and oxygen atoms in total. The lowest BCUT2D eigenvalue weighted by molar-refractivity contribution is -0.111. The number of nitrogen functional groups attached to an aromatic ring is 1. The Morgan fingerprint density at radius 3 is 2.43 bits per heavy atom. The minimum atomic E-state index is -0.621. The molecule has 1 aliphatic rings. The van der Waals surface area contributed by atoms with E-state index in [-0.39, 0.29) is 24.6 Å².